The van der Waals surface area contributed by atoms with Crippen molar-refractivity contribution in [2.75, 3.05) is 13.7 Å². The Morgan fingerprint density at radius 3 is 2.81 bits per heavy atom. The van der Waals surface area contributed by atoms with E-state index in [2.05, 4.69) is 19.1 Å². The summed E-state index contributed by atoms with van der Waals surface area (Å²) in [7, 11) is -2.44. The summed E-state index contributed by atoms with van der Waals surface area (Å²) in [6.07, 6.45) is 2.97. The molecule has 0 radical (unpaired) electrons. The van der Waals surface area contributed by atoms with Crippen LogP contribution in [0, 0.1) is 5.92 Å². The molecule has 4 rings (SSSR count). The minimum atomic E-state index is -4.06. The molecule has 0 saturated carbocycles. The molecule has 0 aliphatic carbocycles. The van der Waals surface area contributed by atoms with Crippen molar-refractivity contribution in [3.63, 3.8) is 0 Å². The number of nitrogens with one attached hydrogen (secondary N) is 1. The Morgan fingerprint density at radius 1 is 1.28 bits per heavy atom. The molecule has 3 heterocycles. The second kappa shape index (κ2) is 8.87. The molecule has 0 aliphatic heterocycles. The minimum Gasteiger partial charge on any atom is -0.495 e. The van der Waals surface area contributed by atoms with Crippen LogP contribution >= 0.6 is 0 Å². The van der Waals surface area contributed by atoms with Crippen molar-refractivity contribution >= 4 is 32.2 Å². The molecule has 0 aliphatic rings. The zero-order valence-electron chi connectivity index (χ0n) is 17.7. The molecular weight excluding hydrogens is 434 g/mol. The van der Waals surface area contributed by atoms with Gasteiger partial charge in [0.2, 0.25) is 0 Å². The van der Waals surface area contributed by atoms with Gasteiger partial charge >= 0.3 is 10.3 Å². The summed E-state index contributed by atoms with van der Waals surface area (Å²) in [5.74, 6) is 0.334. The van der Waals surface area contributed by atoms with E-state index in [4.69, 9.17) is 9.88 Å². The standard InChI is InChI=1S/C21H25N5O5S/c1-3-13(11-31-32(22,28)29)17(27)10-26-8-7-15-20(23-12-24-21(15)26)16-9-14-5-4-6-18(30-2)19(14)25-16/h4-9,12-13,17,25,27H,3,10-11H2,1-2H3,(H2,22,28,29)/t13-,17-/m0/s1. The first kappa shape index (κ1) is 22.2. The monoisotopic (exact) mass is 459 g/mol. The Kier molecular flexibility index (Phi) is 6.15. The van der Waals surface area contributed by atoms with Gasteiger partial charge in [0.05, 0.1) is 43.3 Å². The predicted octanol–water partition coefficient (Wildman–Crippen LogP) is 2.20. The van der Waals surface area contributed by atoms with Gasteiger partial charge in [-0.2, -0.15) is 8.42 Å². The number of nitrogens with zero attached hydrogens (tertiary/aromatic N) is 3. The zero-order valence-corrected chi connectivity index (χ0v) is 18.5. The van der Waals surface area contributed by atoms with E-state index in [1.807, 2.05) is 48.0 Å². The van der Waals surface area contributed by atoms with E-state index in [1.54, 1.807) is 7.11 Å². The van der Waals surface area contributed by atoms with Crippen molar-refractivity contribution < 1.29 is 22.4 Å². The number of para-hydroxylation sites is 1. The van der Waals surface area contributed by atoms with Crippen LogP contribution in [0.4, 0.5) is 0 Å². The van der Waals surface area contributed by atoms with Crippen LogP contribution in [-0.2, 0) is 21.0 Å². The summed E-state index contributed by atoms with van der Waals surface area (Å²) in [6.45, 7) is 1.87. The van der Waals surface area contributed by atoms with Gasteiger partial charge in [-0.15, -0.1) is 0 Å². The van der Waals surface area contributed by atoms with Crippen LogP contribution in [0.5, 0.6) is 5.75 Å². The molecule has 170 valence electrons. The molecule has 0 spiro atoms. The van der Waals surface area contributed by atoms with E-state index < -0.39 is 22.3 Å². The third-order valence-corrected chi connectivity index (χ3v) is 6.01. The van der Waals surface area contributed by atoms with Crippen molar-refractivity contribution in [3.05, 3.63) is 42.9 Å². The molecule has 4 N–H and O–H groups in total. The van der Waals surface area contributed by atoms with Gasteiger partial charge < -0.3 is 19.4 Å². The highest BCUT2D eigenvalue weighted by atomic mass is 32.2. The molecule has 0 fully saturated rings. The molecule has 0 bridgehead atoms. The molecule has 2 atom stereocenters. The van der Waals surface area contributed by atoms with Gasteiger partial charge in [-0.05, 0) is 24.6 Å². The number of benzene rings is 1. The Balaban J connectivity index is 1.64. The number of H-pyrrole nitrogens is 1. The predicted molar refractivity (Wildman–Crippen MR) is 120 cm³/mol. The summed E-state index contributed by atoms with van der Waals surface area (Å²) in [6, 6.07) is 9.70. The largest absolute Gasteiger partial charge is 0.495 e. The molecule has 0 amide bonds. The van der Waals surface area contributed by atoms with E-state index in [-0.39, 0.29) is 13.2 Å². The number of ether oxygens (including phenoxy) is 1. The fraction of sp³-hybridized carbons (Fsp3) is 0.333. The smallest absolute Gasteiger partial charge is 0.333 e. The van der Waals surface area contributed by atoms with E-state index in [1.165, 1.54) is 6.33 Å². The minimum absolute atomic E-state index is 0.188. The van der Waals surface area contributed by atoms with E-state index in [0.29, 0.717) is 12.1 Å². The lowest BCUT2D eigenvalue weighted by Crippen LogP contribution is -2.31. The first-order chi connectivity index (χ1) is 15.3. The fourth-order valence-electron chi connectivity index (χ4n) is 3.83. The summed E-state index contributed by atoms with van der Waals surface area (Å²) >= 11 is 0. The highest BCUT2D eigenvalue weighted by Crippen LogP contribution is 2.32. The number of hydrogen-bond acceptors (Lipinski definition) is 7. The summed E-state index contributed by atoms with van der Waals surface area (Å²) in [5.41, 5.74) is 3.09. The van der Waals surface area contributed by atoms with Crippen molar-refractivity contribution in [1.82, 2.24) is 19.5 Å². The molecule has 32 heavy (non-hydrogen) atoms. The number of aliphatic hydroxyl groups excluding tert-OH is 1. The lowest BCUT2D eigenvalue weighted by molar-refractivity contribution is 0.0616. The van der Waals surface area contributed by atoms with Crippen molar-refractivity contribution in [3.8, 4) is 17.1 Å². The van der Waals surface area contributed by atoms with Crippen molar-refractivity contribution in [1.29, 1.82) is 0 Å². The molecule has 0 saturated heterocycles. The fourth-order valence-corrected chi connectivity index (χ4v) is 4.19. The van der Waals surface area contributed by atoms with Gasteiger partial charge in [-0.25, -0.2) is 15.1 Å². The third-order valence-electron chi connectivity index (χ3n) is 5.55. The maximum atomic E-state index is 11.1. The normalized spacial score (nSPS) is 14.1. The second-order valence-corrected chi connectivity index (χ2v) is 8.77. The zero-order chi connectivity index (χ0) is 22.9. The van der Waals surface area contributed by atoms with Crippen LogP contribution in [0.2, 0.25) is 0 Å². The van der Waals surface area contributed by atoms with Gasteiger partial charge in [-0.1, -0.05) is 19.1 Å². The highest BCUT2D eigenvalue weighted by Gasteiger charge is 2.22. The van der Waals surface area contributed by atoms with Crippen molar-refractivity contribution in [2.45, 2.75) is 26.0 Å². The molecule has 10 nitrogen and oxygen atoms in total. The highest BCUT2D eigenvalue weighted by molar-refractivity contribution is 7.84. The SMILES string of the molecule is CC[C@@H](COS(N)(=O)=O)[C@@H](O)Cn1ccc2c(-c3cc4cccc(OC)c4[nH]3)ncnc21. The van der Waals surface area contributed by atoms with Gasteiger partial charge in [0, 0.05) is 22.9 Å². The quantitative estimate of drug-likeness (QED) is 0.348. The van der Waals surface area contributed by atoms with Crippen LogP contribution in [0.25, 0.3) is 33.3 Å². The van der Waals surface area contributed by atoms with Gasteiger partial charge in [0.25, 0.3) is 0 Å². The Hall–Kier alpha value is -2.99. The van der Waals surface area contributed by atoms with Crippen LogP contribution in [0.3, 0.4) is 0 Å². The number of aromatic amines is 1. The van der Waals surface area contributed by atoms with Gasteiger partial charge in [-0.3, -0.25) is 4.18 Å². The number of nitrogens with two attached hydrogens (primary N) is 1. The second-order valence-electron chi connectivity index (χ2n) is 7.55. The Bertz CT molecular complexity index is 1350. The maximum Gasteiger partial charge on any atom is 0.333 e. The maximum absolute atomic E-state index is 11.1. The average molecular weight is 460 g/mol. The van der Waals surface area contributed by atoms with E-state index in [0.717, 1.165) is 33.4 Å². The molecule has 11 heteroatoms. The van der Waals surface area contributed by atoms with E-state index in [9.17, 15) is 13.5 Å². The van der Waals surface area contributed by atoms with Crippen LogP contribution in [0.1, 0.15) is 13.3 Å². The lowest BCUT2D eigenvalue weighted by atomic mass is 10.0. The number of hydrogen-bond donors (Lipinski definition) is 3. The first-order valence-corrected chi connectivity index (χ1v) is 11.6. The first-order valence-electron chi connectivity index (χ1n) is 10.1. The van der Waals surface area contributed by atoms with E-state index >= 15 is 0 Å². The van der Waals surface area contributed by atoms with Gasteiger partial charge in [0.15, 0.2) is 0 Å². The number of fused-ring (bicyclic) bond motifs is 2. The number of methoxy groups -OCH3 is 1. The summed E-state index contributed by atoms with van der Waals surface area (Å²) < 4.78 is 34.1. The Labute approximate surface area is 185 Å². The molecule has 0 unspecified atom stereocenters. The van der Waals surface area contributed by atoms with Crippen LogP contribution in [0.15, 0.2) is 42.9 Å². The van der Waals surface area contributed by atoms with Crippen molar-refractivity contribution in [2.24, 2.45) is 11.1 Å². The number of aromatic nitrogens is 4. The van der Waals surface area contributed by atoms with Gasteiger partial charge in [0.1, 0.15) is 17.7 Å². The molecule has 3 aromatic heterocycles. The lowest BCUT2D eigenvalue weighted by Gasteiger charge is -2.21. The van der Waals surface area contributed by atoms with Crippen LogP contribution in [-0.4, -0.2) is 52.9 Å². The molecular formula is C21H25N5O5S. The summed E-state index contributed by atoms with van der Waals surface area (Å²) in [4.78, 5) is 12.2. The molecule has 4 aromatic rings. The Morgan fingerprint density at radius 2 is 2.09 bits per heavy atom. The topological polar surface area (TPSA) is 145 Å². The summed E-state index contributed by atoms with van der Waals surface area (Å²) in [5, 5.41) is 17.4. The number of rotatable bonds is 9. The van der Waals surface area contributed by atoms with Crippen LogP contribution < -0.4 is 9.88 Å². The average Bonchev–Trinajstić information content (AvgIpc) is 3.37. The molecule has 1 aromatic carbocycles. The number of aliphatic hydroxyl groups is 1. The third kappa shape index (κ3) is 4.46.